The fraction of sp³-hybridized carbons (Fsp3) is 0.588. The van der Waals surface area contributed by atoms with E-state index in [1.54, 1.807) is 0 Å². The van der Waals surface area contributed by atoms with E-state index >= 15 is 0 Å². The molecule has 7 heteroatoms. The molecule has 1 fully saturated rings. The topological polar surface area (TPSA) is 86.7 Å². The molecule has 1 saturated heterocycles. The maximum absolute atomic E-state index is 12.1. The van der Waals surface area contributed by atoms with E-state index in [1.165, 1.54) is 11.3 Å². The smallest absolute Gasteiger partial charge is 0.303 e. The van der Waals surface area contributed by atoms with Crippen molar-refractivity contribution in [2.24, 2.45) is 0 Å². The highest BCUT2D eigenvalue weighted by Crippen LogP contribution is 2.17. The van der Waals surface area contributed by atoms with Crippen LogP contribution in [0.5, 0.6) is 0 Å². The molecular formula is C17H24N2O4S. The van der Waals surface area contributed by atoms with Crippen molar-refractivity contribution in [3.63, 3.8) is 0 Å². The molecule has 0 radical (unpaired) electrons. The van der Waals surface area contributed by atoms with E-state index in [0.29, 0.717) is 32.4 Å². The Labute approximate surface area is 145 Å². The number of carboxylic acids is 1. The van der Waals surface area contributed by atoms with Crippen LogP contribution < -0.4 is 5.32 Å². The Kier molecular flexibility index (Phi) is 6.78. The van der Waals surface area contributed by atoms with Crippen molar-refractivity contribution in [2.45, 2.75) is 51.5 Å². The standard InChI is InChI=1S/C17H24N2O4S/c1-12-6-7-14(24-12)17(23)18-13-8-10-19(11-9-13)15(20)4-2-3-5-16(21)22/h6-7,13H,2-5,8-11H2,1H3,(H,18,23)(H,21,22). The third-order valence-electron chi connectivity index (χ3n) is 4.18. The summed E-state index contributed by atoms with van der Waals surface area (Å²) >= 11 is 1.48. The molecule has 0 spiro atoms. The zero-order valence-electron chi connectivity index (χ0n) is 13.9. The number of aliphatic carboxylic acids is 1. The van der Waals surface area contributed by atoms with Crippen molar-refractivity contribution in [3.05, 3.63) is 21.9 Å². The van der Waals surface area contributed by atoms with Crippen molar-refractivity contribution >= 4 is 29.1 Å². The van der Waals surface area contributed by atoms with Crippen molar-refractivity contribution in [1.82, 2.24) is 10.2 Å². The van der Waals surface area contributed by atoms with Gasteiger partial charge in [0.05, 0.1) is 4.88 Å². The molecule has 132 valence electrons. The fourth-order valence-electron chi connectivity index (χ4n) is 2.80. The molecule has 2 heterocycles. The number of hydrogen-bond acceptors (Lipinski definition) is 4. The molecule has 1 aliphatic rings. The van der Waals surface area contributed by atoms with Gasteiger partial charge in [-0.2, -0.15) is 0 Å². The number of rotatable bonds is 7. The molecule has 0 atom stereocenters. The number of nitrogens with zero attached hydrogens (tertiary/aromatic N) is 1. The molecule has 0 bridgehead atoms. The van der Waals surface area contributed by atoms with Crippen LogP contribution in [0.15, 0.2) is 12.1 Å². The number of unbranched alkanes of at least 4 members (excludes halogenated alkanes) is 1. The van der Waals surface area contributed by atoms with E-state index in [1.807, 2.05) is 24.0 Å². The summed E-state index contributed by atoms with van der Waals surface area (Å²) in [4.78, 5) is 38.3. The van der Waals surface area contributed by atoms with Crippen LogP contribution in [0.4, 0.5) is 0 Å². The largest absolute Gasteiger partial charge is 0.481 e. The maximum Gasteiger partial charge on any atom is 0.303 e. The normalized spacial score (nSPS) is 15.3. The number of likely N-dealkylation sites (tertiary alicyclic amines) is 1. The Morgan fingerprint density at radius 3 is 2.46 bits per heavy atom. The Balaban J connectivity index is 1.68. The number of thiophene rings is 1. The molecule has 2 amide bonds. The van der Waals surface area contributed by atoms with E-state index in [0.717, 1.165) is 22.6 Å². The SMILES string of the molecule is Cc1ccc(C(=O)NC2CCN(C(=O)CCCCC(=O)O)CC2)s1. The minimum atomic E-state index is -0.820. The lowest BCUT2D eigenvalue weighted by atomic mass is 10.0. The highest BCUT2D eigenvalue weighted by Gasteiger charge is 2.24. The van der Waals surface area contributed by atoms with Gasteiger partial charge in [-0.1, -0.05) is 0 Å². The molecule has 0 unspecified atom stereocenters. The van der Waals surface area contributed by atoms with Gasteiger partial charge in [0.2, 0.25) is 5.91 Å². The third-order valence-corrected chi connectivity index (χ3v) is 5.18. The van der Waals surface area contributed by atoms with E-state index < -0.39 is 5.97 Å². The molecule has 0 saturated carbocycles. The number of piperidine rings is 1. The molecule has 24 heavy (non-hydrogen) atoms. The number of carboxylic acid groups (broad SMARTS) is 1. The van der Waals surface area contributed by atoms with Crippen LogP contribution in [0, 0.1) is 6.92 Å². The lowest BCUT2D eigenvalue weighted by Crippen LogP contribution is -2.46. The minimum Gasteiger partial charge on any atom is -0.481 e. The number of nitrogens with one attached hydrogen (secondary N) is 1. The maximum atomic E-state index is 12.1. The molecule has 6 nitrogen and oxygen atoms in total. The summed E-state index contributed by atoms with van der Waals surface area (Å²) in [5, 5.41) is 11.6. The second-order valence-electron chi connectivity index (χ2n) is 6.14. The Hall–Kier alpha value is -1.89. The van der Waals surface area contributed by atoms with E-state index in [4.69, 9.17) is 5.11 Å². The van der Waals surface area contributed by atoms with Gasteiger partial charge in [0, 0.05) is 36.9 Å². The van der Waals surface area contributed by atoms with Gasteiger partial charge in [0.1, 0.15) is 0 Å². The van der Waals surface area contributed by atoms with E-state index in [9.17, 15) is 14.4 Å². The number of amides is 2. The molecule has 0 aliphatic carbocycles. The van der Waals surface area contributed by atoms with Crippen LogP contribution in [0.3, 0.4) is 0 Å². The quantitative estimate of drug-likeness (QED) is 0.738. The minimum absolute atomic E-state index is 0.0356. The van der Waals surface area contributed by atoms with Gasteiger partial charge in [-0.05, 0) is 44.7 Å². The van der Waals surface area contributed by atoms with E-state index in [2.05, 4.69) is 5.32 Å². The van der Waals surface area contributed by atoms with Crippen LogP contribution in [0.25, 0.3) is 0 Å². The third kappa shape index (κ3) is 5.63. The van der Waals surface area contributed by atoms with Crippen molar-refractivity contribution in [2.75, 3.05) is 13.1 Å². The Bertz CT molecular complexity index is 591. The lowest BCUT2D eigenvalue weighted by Gasteiger charge is -2.32. The summed E-state index contributed by atoms with van der Waals surface area (Å²) in [5.41, 5.74) is 0. The van der Waals surface area contributed by atoms with Gasteiger partial charge in [-0.3, -0.25) is 14.4 Å². The highest BCUT2D eigenvalue weighted by molar-refractivity contribution is 7.13. The Morgan fingerprint density at radius 2 is 1.88 bits per heavy atom. The van der Waals surface area contributed by atoms with Crippen molar-refractivity contribution in [3.8, 4) is 0 Å². The zero-order chi connectivity index (χ0) is 17.5. The van der Waals surface area contributed by atoms with Crippen LogP contribution in [0.1, 0.15) is 53.1 Å². The summed E-state index contributed by atoms with van der Waals surface area (Å²) in [7, 11) is 0. The van der Waals surface area contributed by atoms with Gasteiger partial charge >= 0.3 is 5.97 Å². The first-order valence-electron chi connectivity index (χ1n) is 8.32. The Morgan fingerprint density at radius 1 is 1.21 bits per heavy atom. The van der Waals surface area contributed by atoms with Gasteiger partial charge < -0.3 is 15.3 Å². The number of hydrogen-bond donors (Lipinski definition) is 2. The van der Waals surface area contributed by atoms with Gasteiger partial charge in [-0.15, -0.1) is 11.3 Å². The summed E-state index contributed by atoms with van der Waals surface area (Å²) in [6, 6.07) is 3.88. The average Bonchev–Trinajstić information content (AvgIpc) is 2.98. The first kappa shape index (κ1) is 18.4. The van der Waals surface area contributed by atoms with Crippen LogP contribution in [0.2, 0.25) is 0 Å². The summed E-state index contributed by atoms with van der Waals surface area (Å²) < 4.78 is 0. The zero-order valence-corrected chi connectivity index (χ0v) is 14.7. The number of carbonyl (C=O) groups is 3. The molecule has 2 N–H and O–H groups in total. The molecule has 1 aromatic rings. The summed E-state index contributed by atoms with van der Waals surface area (Å²) in [6.07, 6.45) is 3.18. The monoisotopic (exact) mass is 352 g/mol. The van der Waals surface area contributed by atoms with Gasteiger partial charge in [-0.25, -0.2) is 0 Å². The molecule has 1 aliphatic heterocycles. The second kappa shape index (κ2) is 8.82. The summed E-state index contributed by atoms with van der Waals surface area (Å²) in [6.45, 7) is 3.26. The number of aryl methyl sites for hydroxylation is 1. The fourth-order valence-corrected chi connectivity index (χ4v) is 3.57. The predicted molar refractivity (Wildman–Crippen MR) is 92.2 cm³/mol. The van der Waals surface area contributed by atoms with E-state index in [-0.39, 0.29) is 24.3 Å². The highest BCUT2D eigenvalue weighted by atomic mass is 32.1. The first-order chi connectivity index (χ1) is 11.5. The molecule has 0 aromatic carbocycles. The van der Waals surface area contributed by atoms with Gasteiger partial charge in [0.25, 0.3) is 5.91 Å². The van der Waals surface area contributed by atoms with Crippen molar-refractivity contribution < 1.29 is 19.5 Å². The second-order valence-corrected chi connectivity index (χ2v) is 7.43. The summed E-state index contributed by atoms with van der Waals surface area (Å²) in [5.74, 6) is -0.773. The van der Waals surface area contributed by atoms with Crippen LogP contribution in [-0.4, -0.2) is 46.9 Å². The van der Waals surface area contributed by atoms with Crippen LogP contribution in [-0.2, 0) is 9.59 Å². The number of carbonyl (C=O) groups excluding carboxylic acids is 2. The van der Waals surface area contributed by atoms with Crippen LogP contribution >= 0.6 is 11.3 Å². The molecule has 2 rings (SSSR count). The first-order valence-corrected chi connectivity index (χ1v) is 9.14. The average molecular weight is 352 g/mol. The van der Waals surface area contributed by atoms with Gasteiger partial charge in [0.15, 0.2) is 0 Å². The predicted octanol–water partition coefficient (Wildman–Crippen LogP) is 2.42. The molecule has 1 aromatic heterocycles. The molecular weight excluding hydrogens is 328 g/mol. The lowest BCUT2D eigenvalue weighted by molar-refractivity contribution is -0.137. The van der Waals surface area contributed by atoms with Crippen molar-refractivity contribution in [1.29, 1.82) is 0 Å².